The molecule has 0 N–H and O–H groups in total. The molecule has 2 aliphatic carbocycles. The molecule has 0 amide bonds. The molecule has 0 atom stereocenters. The number of carbonyl (C=O) groups is 2. The van der Waals surface area contributed by atoms with Crippen molar-refractivity contribution in [2.24, 2.45) is 10.2 Å². The standard InChI is InChI=1S/C78H66N4O4/c1-2-3-4-5-6-7-20-37-74(85-77(83)60-46-52-70-72(54-60)66-33-21-23-35-68(66)75(70)79-81(62-29-16-10-17-30-62)64-48-42-58(43-49-64)40-38-56-25-12-8-13-26-56)86-78(84)61-47-53-71-73(55-61)67-34-22-24-36-69(67)76(71)80-82(63-31-18-11-19-32-63)65-50-44-59(45-51-65)41-39-57-27-14-9-15-28-57/h8-19,21-36,38-55,74H,2-7,20,37H2,1H3. The van der Waals surface area contributed by atoms with Gasteiger partial charge in [-0.3, -0.25) is 0 Å². The fourth-order valence-electron chi connectivity index (χ4n) is 11.2. The van der Waals surface area contributed by atoms with Gasteiger partial charge in [0.25, 0.3) is 0 Å². The number of rotatable bonds is 22. The first-order chi connectivity index (χ1) is 42.4. The fraction of sp³-hybridized carbons (Fsp3) is 0.128. The Kier molecular flexibility index (Phi) is 17.5. The molecule has 2 aliphatic rings. The second-order valence-electron chi connectivity index (χ2n) is 21.6. The zero-order valence-electron chi connectivity index (χ0n) is 48.2. The van der Waals surface area contributed by atoms with Gasteiger partial charge in [0.1, 0.15) is 0 Å². The maximum Gasteiger partial charge on any atom is 0.341 e. The van der Waals surface area contributed by atoms with Crippen LogP contribution < -0.4 is 10.0 Å². The fourth-order valence-corrected chi connectivity index (χ4v) is 11.2. The molecular weight excluding hydrogens is 1060 g/mol. The maximum absolute atomic E-state index is 14.5. The summed E-state index contributed by atoms with van der Waals surface area (Å²) in [4.78, 5) is 29.0. The van der Waals surface area contributed by atoms with E-state index in [2.05, 4.69) is 128 Å². The highest BCUT2D eigenvalue weighted by molar-refractivity contribution is 6.26. The van der Waals surface area contributed by atoms with E-state index in [0.717, 1.165) is 127 Å². The highest BCUT2D eigenvalue weighted by Crippen LogP contribution is 2.41. The number of hydrogen-bond donors (Lipinski definition) is 0. The van der Waals surface area contributed by atoms with Crippen LogP contribution in [0.25, 0.3) is 46.6 Å². The van der Waals surface area contributed by atoms with Crippen LogP contribution in [0.3, 0.4) is 0 Å². The number of fused-ring (bicyclic) bond motifs is 6. The summed E-state index contributed by atoms with van der Waals surface area (Å²) in [5.41, 5.74) is 17.6. The predicted octanol–water partition coefficient (Wildman–Crippen LogP) is 19.7. The molecule has 0 spiro atoms. The van der Waals surface area contributed by atoms with Crippen molar-refractivity contribution in [3.05, 3.63) is 310 Å². The highest BCUT2D eigenvalue weighted by atomic mass is 16.7. The van der Waals surface area contributed by atoms with E-state index in [-0.39, 0.29) is 0 Å². The van der Waals surface area contributed by atoms with E-state index >= 15 is 0 Å². The number of esters is 2. The Hall–Kier alpha value is -10.4. The third-order valence-corrected chi connectivity index (χ3v) is 15.7. The molecule has 12 rings (SSSR count). The van der Waals surface area contributed by atoms with E-state index in [1.165, 1.54) is 19.3 Å². The summed E-state index contributed by atoms with van der Waals surface area (Å²) in [6, 6.07) is 85.0. The summed E-state index contributed by atoms with van der Waals surface area (Å²) in [7, 11) is 0. The van der Waals surface area contributed by atoms with Crippen molar-refractivity contribution in [1.29, 1.82) is 0 Å². The average Bonchev–Trinajstić information content (AvgIpc) is 1.76. The summed E-state index contributed by atoms with van der Waals surface area (Å²) in [6.45, 7) is 2.21. The van der Waals surface area contributed by atoms with Gasteiger partial charge in [-0.15, -0.1) is 0 Å². The molecular formula is C78H66N4O4. The lowest BCUT2D eigenvalue weighted by Gasteiger charge is -2.21. The minimum atomic E-state index is -1.12. The molecule has 0 saturated heterocycles. The second kappa shape index (κ2) is 26.9. The van der Waals surface area contributed by atoms with Crippen LogP contribution in [0.1, 0.15) is 124 Å². The molecule has 0 fully saturated rings. The predicted molar refractivity (Wildman–Crippen MR) is 353 cm³/mol. The van der Waals surface area contributed by atoms with Gasteiger partial charge >= 0.3 is 11.9 Å². The lowest BCUT2D eigenvalue weighted by atomic mass is 10.0. The molecule has 0 unspecified atom stereocenters. The van der Waals surface area contributed by atoms with Crippen molar-refractivity contribution in [2.75, 3.05) is 10.0 Å². The minimum absolute atomic E-state index is 0.348. The van der Waals surface area contributed by atoms with Gasteiger partial charge < -0.3 is 9.47 Å². The van der Waals surface area contributed by atoms with Gasteiger partial charge in [0.05, 0.1) is 45.3 Å². The molecule has 0 aromatic heterocycles. The Balaban J connectivity index is 0.807. The van der Waals surface area contributed by atoms with Gasteiger partial charge in [0.15, 0.2) is 0 Å². The zero-order valence-corrected chi connectivity index (χ0v) is 48.2. The molecule has 0 saturated carbocycles. The summed E-state index contributed by atoms with van der Waals surface area (Å²) >= 11 is 0. The maximum atomic E-state index is 14.5. The molecule has 0 heterocycles. The smallest absolute Gasteiger partial charge is 0.341 e. The number of carbonyl (C=O) groups excluding carboxylic acids is 2. The van der Waals surface area contributed by atoms with Crippen LogP contribution in [-0.2, 0) is 9.47 Å². The zero-order chi connectivity index (χ0) is 58.4. The van der Waals surface area contributed by atoms with Crippen molar-refractivity contribution in [2.45, 2.75) is 64.6 Å². The third-order valence-electron chi connectivity index (χ3n) is 15.7. The number of hydrazone groups is 2. The van der Waals surface area contributed by atoms with Crippen LogP contribution in [0.4, 0.5) is 22.7 Å². The molecule has 0 aliphatic heterocycles. The number of benzene rings is 10. The summed E-state index contributed by atoms with van der Waals surface area (Å²) in [5, 5.41) is 14.8. The first-order valence-corrected chi connectivity index (χ1v) is 29.9. The van der Waals surface area contributed by atoms with E-state index in [0.29, 0.717) is 17.5 Å². The summed E-state index contributed by atoms with van der Waals surface area (Å²) in [6.07, 6.45) is 15.1. The molecule has 0 bridgehead atoms. The molecule has 10 aromatic rings. The van der Waals surface area contributed by atoms with Crippen molar-refractivity contribution in [1.82, 2.24) is 0 Å². The van der Waals surface area contributed by atoms with Crippen molar-refractivity contribution >= 4 is 70.4 Å². The number of hydrogen-bond acceptors (Lipinski definition) is 8. The second-order valence-corrected chi connectivity index (χ2v) is 21.6. The highest BCUT2D eigenvalue weighted by Gasteiger charge is 2.31. The lowest BCUT2D eigenvalue weighted by molar-refractivity contribution is -0.0838. The van der Waals surface area contributed by atoms with Gasteiger partial charge in [-0.2, -0.15) is 10.2 Å². The molecule has 10 aromatic carbocycles. The number of ether oxygens (including phenoxy) is 2. The Morgan fingerprint density at radius 3 is 1.08 bits per heavy atom. The topological polar surface area (TPSA) is 83.8 Å². The van der Waals surface area contributed by atoms with Crippen molar-refractivity contribution in [3.63, 3.8) is 0 Å². The average molecular weight is 1120 g/mol. The largest absolute Gasteiger partial charge is 0.422 e. The van der Waals surface area contributed by atoms with Gasteiger partial charge in [-0.1, -0.05) is 252 Å². The Morgan fingerprint density at radius 2 is 0.674 bits per heavy atom. The summed E-state index contributed by atoms with van der Waals surface area (Å²) in [5.74, 6) is -1.15. The molecule has 422 valence electrons. The third kappa shape index (κ3) is 13.0. The minimum Gasteiger partial charge on any atom is -0.422 e. The molecule has 86 heavy (non-hydrogen) atoms. The quantitative estimate of drug-likeness (QED) is 0.0221. The van der Waals surface area contributed by atoms with E-state index < -0.39 is 18.2 Å². The molecule has 0 radical (unpaired) electrons. The van der Waals surface area contributed by atoms with Crippen LogP contribution in [0.15, 0.2) is 265 Å². The Bertz CT molecular complexity index is 3840. The summed E-state index contributed by atoms with van der Waals surface area (Å²) < 4.78 is 12.5. The Labute approximate surface area is 504 Å². The van der Waals surface area contributed by atoms with E-state index in [4.69, 9.17) is 19.7 Å². The lowest BCUT2D eigenvalue weighted by Crippen LogP contribution is -2.25. The van der Waals surface area contributed by atoms with Gasteiger partial charge in [-0.25, -0.2) is 19.6 Å². The SMILES string of the molecule is CCCCCCCCCC(OC(=O)c1ccc2c(c1)-c1ccccc1C2=NN(c1ccccc1)c1ccc(C=Cc2ccccc2)cc1)OC(=O)c1ccc2c(c1)-c1ccccc1C2=NN(c1ccccc1)c1ccc(C=Cc2ccccc2)cc1. The van der Waals surface area contributed by atoms with E-state index in [9.17, 15) is 9.59 Å². The number of nitrogens with zero attached hydrogens (tertiary/aromatic N) is 4. The van der Waals surface area contributed by atoms with Crippen LogP contribution in [-0.4, -0.2) is 29.7 Å². The van der Waals surface area contributed by atoms with Crippen molar-refractivity contribution in [3.8, 4) is 22.3 Å². The van der Waals surface area contributed by atoms with Crippen LogP contribution in [0.5, 0.6) is 0 Å². The first-order valence-electron chi connectivity index (χ1n) is 29.9. The first kappa shape index (κ1) is 56.1. The van der Waals surface area contributed by atoms with Crippen LogP contribution in [0.2, 0.25) is 0 Å². The van der Waals surface area contributed by atoms with Gasteiger partial charge in [-0.05, 0) is 124 Å². The number of para-hydroxylation sites is 2. The number of unbranched alkanes of at least 4 members (excludes halogenated alkanes) is 6. The Morgan fingerprint density at radius 1 is 0.349 bits per heavy atom. The number of anilines is 4. The molecule has 8 nitrogen and oxygen atoms in total. The van der Waals surface area contributed by atoms with Gasteiger partial charge in [0.2, 0.25) is 6.29 Å². The van der Waals surface area contributed by atoms with Crippen LogP contribution in [0, 0.1) is 0 Å². The van der Waals surface area contributed by atoms with Crippen molar-refractivity contribution < 1.29 is 19.1 Å². The normalized spacial score (nSPS) is 13.3. The molecule has 8 heteroatoms. The van der Waals surface area contributed by atoms with E-state index in [1.807, 2.05) is 156 Å². The van der Waals surface area contributed by atoms with Gasteiger partial charge in [0, 0.05) is 28.7 Å². The van der Waals surface area contributed by atoms with E-state index in [1.54, 1.807) is 12.1 Å². The van der Waals surface area contributed by atoms with Crippen LogP contribution >= 0.6 is 0 Å². The monoisotopic (exact) mass is 1120 g/mol.